The molecule has 0 aliphatic carbocycles. The van der Waals surface area contributed by atoms with E-state index in [1.165, 1.54) is 12.1 Å². The lowest BCUT2D eigenvalue weighted by molar-refractivity contribution is -0.127. The molecule has 22 heavy (non-hydrogen) atoms. The van der Waals surface area contributed by atoms with Crippen molar-refractivity contribution in [3.8, 4) is 0 Å². The topological polar surface area (TPSA) is 84.5 Å². The number of benzene rings is 1. The van der Waals surface area contributed by atoms with Crippen molar-refractivity contribution in [1.82, 2.24) is 10.6 Å². The van der Waals surface area contributed by atoms with Gasteiger partial charge in [0.15, 0.2) is 6.61 Å². The minimum Gasteiger partial charge on any atom is -0.452 e. The number of carbonyl (C=O) groups is 3. The molecule has 6 nitrogen and oxygen atoms in total. The van der Waals surface area contributed by atoms with Crippen LogP contribution in [0, 0.1) is 5.82 Å². The Morgan fingerprint density at radius 1 is 1.23 bits per heavy atom. The van der Waals surface area contributed by atoms with E-state index in [2.05, 4.69) is 26.6 Å². The molecule has 1 aromatic rings. The van der Waals surface area contributed by atoms with Crippen molar-refractivity contribution in [1.29, 1.82) is 0 Å². The van der Waals surface area contributed by atoms with Crippen LogP contribution in [-0.4, -0.2) is 37.5 Å². The van der Waals surface area contributed by atoms with Gasteiger partial charge in [-0.05, 0) is 40.5 Å². The molecule has 2 N–H and O–H groups in total. The average molecular weight is 375 g/mol. The predicted octanol–water partition coefficient (Wildman–Crippen LogP) is 1.39. The molecule has 0 saturated heterocycles. The molecule has 0 aromatic heterocycles. The fourth-order valence-electron chi connectivity index (χ4n) is 1.42. The maximum Gasteiger partial charge on any atom is 0.339 e. The Bertz CT molecular complexity index is 566. The number of esters is 1. The molecule has 0 fully saturated rings. The maximum absolute atomic E-state index is 13.1. The summed E-state index contributed by atoms with van der Waals surface area (Å²) in [6.07, 6.45) is 0.791. The summed E-state index contributed by atoms with van der Waals surface area (Å²) in [4.78, 5) is 34.4. The van der Waals surface area contributed by atoms with Gasteiger partial charge >= 0.3 is 5.97 Å². The summed E-state index contributed by atoms with van der Waals surface area (Å²) in [6.45, 7) is 1.68. The number of rotatable bonds is 7. The van der Waals surface area contributed by atoms with E-state index in [0.717, 1.165) is 12.5 Å². The Labute approximate surface area is 135 Å². The Morgan fingerprint density at radius 2 is 1.95 bits per heavy atom. The molecule has 0 heterocycles. The number of amides is 2. The van der Waals surface area contributed by atoms with Gasteiger partial charge in [-0.25, -0.2) is 9.18 Å². The molecule has 0 aliphatic heterocycles. The summed E-state index contributed by atoms with van der Waals surface area (Å²) >= 11 is 3.09. The molecule has 0 bridgehead atoms. The van der Waals surface area contributed by atoms with Gasteiger partial charge in [-0.1, -0.05) is 6.92 Å². The number of hydrogen-bond acceptors (Lipinski definition) is 4. The van der Waals surface area contributed by atoms with E-state index in [9.17, 15) is 18.8 Å². The Balaban J connectivity index is 2.39. The van der Waals surface area contributed by atoms with Crippen LogP contribution in [0.5, 0.6) is 0 Å². The van der Waals surface area contributed by atoms with Gasteiger partial charge in [0.2, 0.25) is 5.91 Å². The van der Waals surface area contributed by atoms with Crippen molar-refractivity contribution >= 4 is 33.7 Å². The summed E-state index contributed by atoms with van der Waals surface area (Å²) in [5.41, 5.74) is -0.0199. The smallest absolute Gasteiger partial charge is 0.339 e. The first-order valence-corrected chi connectivity index (χ1v) is 7.39. The molecular weight excluding hydrogens is 359 g/mol. The van der Waals surface area contributed by atoms with Gasteiger partial charge in [0.25, 0.3) is 5.91 Å². The van der Waals surface area contributed by atoms with Crippen molar-refractivity contribution in [3.63, 3.8) is 0 Å². The van der Waals surface area contributed by atoms with Crippen LogP contribution in [0.1, 0.15) is 23.7 Å². The Hall–Kier alpha value is -1.96. The lowest BCUT2D eigenvalue weighted by Gasteiger charge is -2.08. The standard InChI is InChI=1S/C14H16BrFN2O4/c1-2-5-17-12(19)7-18-13(20)8-22-14(21)10-6-9(16)3-4-11(10)15/h3-4,6H,2,5,7-8H2,1H3,(H,17,19)(H,18,20). The van der Waals surface area contributed by atoms with Crippen molar-refractivity contribution in [2.75, 3.05) is 19.7 Å². The number of nitrogens with one attached hydrogen (secondary N) is 2. The van der Waals surface area contributed by atoms with Gasteiger partial charge in [0.1, 0.15) is 5.82 Å². The van der Waals surface area contributed by atoms with Crippen LogP contribution in [0.25, 0.3) is 0 Å². The zero-order valence-corrected chi connectivity index (χ0v) is 13.5. The molecule has 1 aromatic carbocycles. The first kappa shape index (κ1) is 18.1. The molecule has 8 heteroatoms. The van der Waals surface area contributed by atoms with Crippen molar-refractivity contribution in [3.05, 3.63) is 34.1 Å². The minimum atomic E-state index is -0.836. The normalized spacial score (nSPS) is 9.95. The van der Waals surface area contributed by atoms with Crippen molar-refractivity contribution in [2.24, 2.45) is 0 Å². The van der Waals surface area contributed by atoms with Gasteiger partial charge in [-0.2, -0.15) is 0 Å². The molecule has 0 radical (unpaired) electrons. The summed E-state index contributed by atoms with van der Waals surface area (Å²) < 4.78 is 18.2. The second-order valence-corrected chi connectivity index (χ2v) is 5.18. The van der Waals surface area contributed by atoms with Gasteiger partial charge < -0.3 is 15.4 Å². The number of carbonyl (C=O) groups excluding carboxylic acids is 3. The first-order chi connectivity index (χ1) is 10.4. The third kappa shape index (κ3) is 6.21. The number of hydrogen-bond donors (Lipinski definition) is 2. The van der Waals surface area contributed by atoms with Crippen LogP contribution in [0.4, 0.5) is 4.39 Å². The van der Waals surface area contributed by atoms with Gasteiger partial charge in [0.05, 0.1) is 12.1 Å². The highest BCUT2D eigenvalue weighted by Crippen LogP contribution is 2.18. The predicted molar refractivity (Wildman–Crippen MR) is 80.7 cm³/mol. The van der Waals surface area contributed by atoms with Gasteiger partial charge in [0, 0.05) is 11.0 Å². The van der Waals surface area contributed by atoms with Crippen molar-refractivity contribution in [2.45, 2.75) is 13.3 Å². The van der Waals surface area contributed by atoms with Crippen LogP contribution >= 0.6 is 15.9 Å². The molecule has 120 valence electrons. The Kier molecular flexibility index (Phi) is 7.51. The second kappa shape index (κ2) is 9.14. The molecule has 0 spiro atoms. The summed E-state index contributed by atoms with van der Waals surface area (Å²) in [6, 6.07) is 3.55. The fraction of sp³-hybridized carbons (Fsp3) is 0.357. The maximum atomic E-state index is 13.1. The van der Waals surface area contributed by atoms with Crippen LogP contribution in [0.3, 0.4) is 0 Å². The largest absolute Gasteiger partial charge is 0.452 e. The zero-order valence-electron chi connectivity index (χ0n) is 11.9. The number of ether oxygens (including phenoxy) is 1. The minimum absolute atomic E-state index is 0.0199. The molecular formula is C14H16BrFN2O4. The van der Waals surface area contributed by atoms with E-state index in [1.54, 1.807) is 0 Å². The van der Waals surface area contributed by atoms with Crippen LogP contribution in [0.2, 0.25) is 0 Å². The molecule has 0 aliphatic rings. The second-order valence-electron chi connectivity index (χ2n) is 4.33. The molecule has 2 amide bonds. The third-order valence-electron chi connectivity index (χ3n) is 2.50. The third-order valence-corrected chi connectivity index (χ3v) is 3.19. The lowest BCUT2D eigenvalue weighted by Crippen LogP contribution is -2.38. The van der Waals surface area contributed by atoms with E-state index in [-0.39, 0.29) is 18.0 Å². The van der Waals surface area contributed by atoms with Crippen molar-refractivity contribution < 1.29 is 23.5 Å². The zero-order chi connectivity index (χ0) is 16.5. The van der Waals surface area contributed by atoms with Gasteiger partial charge in [-0.3, -0.25) is 9.59 Å². The molecule has 1 rings (SSSR count). The highest BCUT2D eigenvalue weighted by Gasteiger charge is 2.14. The monoisotopic (exact) mass is 374 g/mol. The quantitative estimate of drug-likeness (QED) is 0.706. The van der Waals surface area contributed by atoms with E-state index >= 15 is 0 Å². The van der Waals surface area contributed by atoms with Crippen LogP contribution in [0.15, 0.2) is 22.7 Å². The van der Waals surface area contributed by atoms with Crippen LogP contribution in [-0.2, 0) is 14.3 Å². The van der Waals surface area contributed by atoms with Crippen LogP contribution < -0.4 is 10.6 Å². The lowest BCUT2D eigenvalue weighted by atomic mass is 10.2. The number of halogens is 2. The highest BCUT2D eigenvalue weighted by molar-refractivity contribution is 9.10. The summed E-state index contributed by atoms with van der Waals surface area (Å²) in [7, 11) is 0. The summed E-state index contributed by atoms with van der Waals surface area (Å²) in [5.74, 6) is -2.37. The van der Waals surface area contributed by atoms with E-state index in [0.29, 0.717) is 11.0 Å². The SMILES string of the molecule is CCCNC(=O)CNC(=O)COC(=O)c1cc(F)ccc1Br. The van der Waals surface area contributed by atoms with Gasteiger partial charge in [-0.15, -0.1) is 0 Å². The molecule has 0 unspecified atom stereocenters. The highest BCUT2D eigenvalue weighted by atomic mass is 79.9. The molecule has 0 atom stereocenters. The first-order valence-electron chi connectivity index (χ1n) is 6.59. The molecule has 0 saturated carbocycles. The Morgan fingerprint density at radius 3 is 2.64 bits per heavy atom. The fourth-order valence-corrected chi connectivity index (χ4v) is 1.83. The van der Waals surface area contributed by atoms with E-state index in [4.69, 9.17) is 4.74 Å². The average Bonchev–Trinajstić information content (AvgIpc) is 2.50. The van der Waals surface area contributed by atoms with E-state index < -0.39 is 24.3 Å². The van der Waals surface area contributed by atoms with E-state index in [1.807, 2.05) is 6.92 Å². The summed E-state index contributed by atoms with van der Waals surface area (Å²) in [5, 5.41) is 4.89.